The molecule has 1 N–H and O–H groups in total. The van der Waals surface area contributed by atoms with Crippen molar-refractivity contribution in [2.45, 2.75) is 0 Å². The number of hydrogen-bond acceptors (Lipinski definition) is 7. The number of aromatic hydroxyl groups is 1. The van der Waals surface area contributed by atoms with Gasteiger partial charge in [0.15, 0.2) is 0 Å². The van der Waals surface area contributed by atoms with E-state index in [9.17, 15) is 29.2 Å². The van der Waals surface area contributed by atoms with E-state index in [1.54, 1.807) is 0 Å². The standard InChI is InChI=1S/C12H7FN2O6/c1-21-12(18)6-4-8-5(10(16)9(6)15(19)20)2-3-7(14-8)11(13)17/h2-4,16H,1H3. The molecular weight excluding hydrogens is 287 g/mol. The lowest BCUT2D eigenvalue weighted by Gasteiger charge is -2.06. The summed E-state index contributed by atoms with van der Waals surface area (Å²) in [7, 11) is 1.00. The summed E-state index contributed by atoms with van der Waals surface area (Å²) in [5.41, 5.74) is -2.10. The van der Waals surface area contributed by atoms with Gasteiger partial charge in [0, 0.05) is 5.39 Å². The van der Waals surface area contributed by atoms with Crippen molar-refractivity contribution in [3.63, 3.8) is 0 Å². The number of nitrogens with zero attached hydrogens (tertiary/aromatic N) is 2. The van der Waals surface area contributed by atoms with Crippen molar-refractivity contribution >= 4 is 28.6 Å². The number of hydrogen-bond donors (Lipinski definition) is 1. The predicted octanol–water partition coefficient (Wildman–Crippen LogP) is 1.74. The number of nitro groups is 1. The van der Waals surface area contributed by atoms with Crippen LogP contribution >= 0.6 is 0 Å². The van der Waals surface area contributed by atoms with Gasteiger partial charge in [-0.15, -0.1) is 0 Å². The molecule has 0 bridgehead atoms. The van der Waals surface area contributed by atoms with Crippen LogP contribution in [0.2, 0.25) is 0 Å². The largest absolute Gasteiger partial charge is 0.502 e. The molecule has 0 saturated carbocycles. The van der Waals surface area contributed by atoms with Gasteiger partial charge < -0.3 is 9.84 Å². The van der Waals surface area contributed by atoms with Crippen molar-refractivity contribution in [3.05, 3.63) is 39.6 Å². The second-order valence-electron chi connectivity index (χ2n) is 3.91. The second kappa shape index (κ2) is 5.12. The molecule has 1 aromatic heterocycles. The van der Waals surface area contributed by atoms with Gasteiger partial charge in [-0.2, -0.15) is 4.39 Å². The molecule has 2 aromatic rings. The van der Waals surface area contributed by atoms with Gasteiger partial charge in [0.05, 0.1) is 17.5 Å². The van der Waals surface area contributed by atoms with Crippen LogP contribution in [-0.2, 0) is 4.74 Å². The molecule has 0 unspecified atom stereocenters. The molecule has 0 amide bonds. The van der Waals surface area contributed by atoms with Crippen LogP contribution in [0, 0.1) is 10.1 Å². The fourth-order valence-electron chi connectivity index (χ4n) is 1.81. The zero-order chi connectivity index (χ0) is 15.7. The number of ether oxygens (including phenoxy) is 1. The Bertz CT molecular complexity index is 789. The summed E-state index contributed by atoms with van der Waals surface area (Å²) >= 11 is 0. The zero-order valence-electron chi connectivity index (χ0n) is 10.5. The van der Waals surface area contributed by atoms with E-state index < -0.39 is 39.6 Å². The van der Waals surface area contributed by atoms with Crippen LogP contribution in [0.5, 0.6) is 5.75 Å². The highest BCUT2D eigenvalue weighted by Gasteiger charge is 2.28. The molecule has 0 atom stereocenters. The summed E-state index contributed by atoms with van der Waals surface area (Å²) in [5.74, 6) is -1.89. The lowest BCUT2D eigenvalue weighted by atomic mass is 10.1. The third kappa shape index (κ3) is 2.36. The molecule has 0 saturated heterocycles. The molecule has 8 nitrogen and oxygen atoms in total. The van der Waals surface area contributed by atoms with Gasteiger partial charge in [-0.05, 0) is 18.2 Å². The first-order valence-electron chi connectivity index (χ1n) is 5.46. The van der Waals surface area contributed by atoms with E-state index in [4.69, 9.17) is 0 Å². The third-order valence-electron chi connectivity index (χ3n) is 2.73. The number of carbonyl (C=O) groups is 2. The molecule has 21 heavy (non-hydrogen) atoms. The van der Waals surface area contributed by atoms with Crippen LogP contribution in [0.25, 0.3) is 10.9 Å². The van der Waals surface area contributed by atoms with Crippen LogP contribution in [0.1, 0.15) is 20.8 Å². The molecule has 0 aliphatic heterocycles. The summed E-state index contributed by atoms with van der Waals surface area (Å²) in [5, 5.41) is 20.8. The number of carbonyl (C=O) groups excluding carboxylic acids is 2. The molecule has 9 heteroatoms. The van der Waals surface area contributed by atoms with Crippen LogP contribution in [0.4, 0.5) is 10.1 Å². The Hall–Kier alpha value is -3.10. The zero-order valence-corrected chi connectivity index (χ0v) is 10.5. The highest BCUT2D eigenvalue weighted by atomic mass is 19.1. The number of nitro benzene ring substituents is 1. The topological polar surface area (TPSA) is 120 Å². The first-order chi connectivity index (χ1) is 9.86. The van der Waals surface area contributed by atoms with Crippen molar-refractivity contribution in [2.75, 3.05) is 7.11 Å². The number of phenolic OH excluding ortho intramolecular Hbond substituents is 1. The van der Waals surface area contributed by atoms with Crippen LogP contribution in [0.15, 0.2) is 18.2 Å². The summed E-state index contributed by atoms with van der Waals surface area (Å²) in [4.78, 5) is 35.8. The summed E-state index contributed by atoms with van der Waals surface area (Å²) < 4.78 is 17.0. The normalized spacial score (nSPS) is 10.4. The quantitative estimate of drug-likeness (QED) is 0.396. The van der Waals surface area contributed by atoms with E-state index in [-0.39, 0.29) is 10.9 Å². The van der Waals surface area contributed by atoms with Gasteiger partial charge in [0.25, 0.3) is 0 Å². The number of phenols is 1. The van der Waals surface area contributed by atoms with E-state index in [2.05, 4.69) is 9.72 Å². The molecule has 108 valence electrons. The summed E-state index contributed by atoms with van der Waals surface area (Å²) in [6.45, 7) is 0. The fourth-order valence-corrected chi connectivity index (χ4v) is 1.81. The van der Waals surface area contributed by atoms with Crippen molar-refractivity contribution in [1.82, 2.24) is 4.98 Å². The predicted molar refractivity (Wildman–Crippen MR) is 66.8 cm³/mol. The first-order valence-corrected chi connectivity index (χ1v) is 5.46. The molecule has 2 rings (SSSR count). The maximum Gasteiger partial charge on any atom is 0.350 e. The monoisotopic (exact) mass is 294 g/mol. The fraction of sp³-hybridized carbons (Fsp3) is 0.0833. The number of halogens is 1. The Morgan fingerprint density at radius 3 is 2.62 bits per heavy atom. The van der Waals surface area contributed by atoms with Crippen LogP contribution in [0.3, 0.4) is 0 Å². The van der Waals surface area contributed by atoms with Gasteiger partial charge >= 0.3 is 17.7 Å². The number of benzene rings is 1. The van der Waals surface area contributed by atoms with Gasteiger partial charge in [0.1, 0.15) is 11.3 Å². The number of rotatable bonds is 3. The minimum absolute atomic E-state index is 0.0978. The van der Waals surface area contributed by atoms with E-state index in [0.29, 0.717) is 0 Å². The molecule has 0 aliphatic rings. The smallest absolute Gasteiger partial charge is 0.350 e. The van der Waals surface area contributed by atoms with Gasteiger partial charge in [0.2, 0.25) is 5.75 Å². The minimum Gasteiger partial charge on any atom is -0.502 e. The molecule has 0 radical (unpaired) electrons. The third-order valence-corrected chi connectivity index (χ3v) is 2.73. The molecule has 0 fully saturated rings. The van der Waals surface area contributed by atoms with Crippen LogP contribution < -0.4 is 0 Å². The van der Waals surface area contributed by atoms with Gasteiger partial charge in [-0.3, -0.25) is 14.9 Å². The van der Waals surface area contributed by atoms with E-state index in [0.717, 1.165) is 25.3 Å². The number of methoxy groups -OCH3 is 1. The first kappa shape index (κ1) is 14.3. The summed E-state index contributed by atoms with van der Waals surface area (Å²) in [6.07, 6.45) is 0. The average Bonchev–Trinajstić information content (AvgIpc) is 2.44. The van der Waals surface area contributed by atoms with E-state index >= 15 is 0 Å². The van der Waals surface area contributed by atoms with Gasteiger partial charge in [-0.1, -0.05) is 0 Å². The minimum atomic E-state index is -1.81. The molecule has 0 spiro atoms. The Morgan fingerprint density at radius 2 is 2.10 bits per heavy atom. The highest BCUT2D eigenvalue weighted by Crippen LogP contribution is 2.37. The Balaban J connectivity index is 2.87. The Morgan fingerprint density at radius 1 is 1.43 bits per heavy atom. The average molecular weight is 294 g/mol. The molecule has 0 aliphatic carbocycles. The maximum atomic E-state index is 12.6. The maximum absolute atomic E-state index is 12.6. The van der Waals surface area contributed by atoms with Crippen molar-refractivity contribution in [2.24, 2.45) is 0 Å². The van der Waals surface area contributed by atoms with Gasteiger partial charge in [-0.25, -0.2) is 9.78 Å². The number of fused-ring (bicyclic) bond motifs is 1. The van der Waals surface area contributed by atoms with Crippen molar-refractivity contribution in [1.29, 1.82) is 0 Å². The number of pyridine rings is 1. The lowest BCUT2D eigenvalue weighted by molar-refractivity contribution is -0.386. The summed E-state index contributed by atoms with van der Waals surface area (Å²) in [6, 6.07) is 1.20. The van der Waals surface area contributed by atoms with Crippen molar-refractivity contribution < 1.29 is 28.7 Å². The molecular formula is C12H7FN2O6. The van der Waals surface area contributed by atoms with E-state index in [1.807, 2.05) is 0 Å². The lowest BCUT2D eigenvalue weighted by Crippen LogP contribution is -2.07. The Labute approximate surface area is 115 Å². The molecule has 1 aromatic carbocycles. The number of esters is 1. The second-order valence-corrected chi connectivity index (χ2v) is 3.91. The Kier molecular flexibility index (Phi) is 3.49. The van der Waals surface area contributed by atoms with E-state index in [1.165, 1.54) is 0 Å². The van der Waals surface area contributed by atoms with Crippen molar-refractivity contribution in [3.8, 4) is 5.75 Å². The van der Waals surface area contributed by atoms with Crippen LogP contribution in [-0.4, -0.2) is 34.1 Å². The highest BCUT2D eigenvalue weighted by molar-refractivity contribution is 6.03. The molecule has 1 heterocycles. The number of aromatic nitrogens is 1. The SMILES string of the molecule is COC(=O)c1cc2nc(C(=O)F)ccc2c(O)c1[N+](=O)[O-].